The number of nitrogens with one attached hydrogen (secondary N) is 1. The summed E-state index contributed by atoms with van der Waals surface area (Å²) in [5.74, 6) is -0.00829. The van der Waals surface area contributed by atoms with Gasteiger partial charge in [0.2, 0.25) is 11.8 Å². The molecule has 1 atom stereocenters. The fourth-order valence-electron chi connectivity index (χ4n) is 3.09. The molecule has 0 spiro atoms. The van der Waals surface area contributed by atoms with Gasteiger partial charge in [0, 0.05) is 35.3 Å². The molecule has 0 radical (unpaired) electrons. The third-order valence-electron chi connectivity index (χ3n) is 4.32. The van der Waals surface area contributed by atoms with Crippen LogP contribution in [-0.4, -0.2) is 17.9 Å². The average molecular weight is 372 g/mol. The van der Waals surface area contributed by atoms with E-state index in [-0.39, 0.29) is 24.3 Å². The van der Waals surface area contributed by atoms with Crippen molar-refractivity contribution in [3.05, 3.63) is 58.6 Å². The van der Waals surface area contributed by atoms with Gasteiger partial charge in [0.1, 0.15) is 0 Å². The number of rotatable bonds is 5. The minimum Gasteiger partial charge on any atom is -0.327 e. The maximum absolute atomic E-state index is 12.4. The number of benzene rings is 2. The van der Waals surface area contributed by atoms with Crippen molar-refractivity contribution in [3.8, 4) is 0 Å². The summed E-state index contributed by atoms with van der Waals surface area (Å²) in [6, 6.07) is 13.0. The second-order valence-corrected chi connectivity index (χ2v) is 7.12. The van der Waals surface area contributed by atoms with Gasteiger partial charge in [-0.05, 0) is 54.8 Å². The Balaban J connectivity index is 1.79. The number of nitrogens with zero attached hydrogens (tertiary/aromatic N) is 1. The van der Waals surface area contributed by atoms with Crippen LogP contribution in [0.15, 0.2) is 42.5 Å². The van der Waals surface area contributed by atoms with Crippen LogP contribution in [0, 0.1) is 0 Å². The second-order valence-electron chi connectivity index (χ2n) is 6.68. The van der Waals surface area contributed by atoms with Crippen LogP contribution in [0.25, 0.3) is 0 Å². The van der Waals surface area contributed by atoms with Gasteiger partial charge in [-0.1, -0.05) is 23.7 Å². The van der Waals surface area contributed by atoms with Crippen LogP contribution in [0.1, 0.15) is 30.9 Å². The molecule has 0 fully saturated rings. The van der Waals surface area contributed by atoms with E-state index in [1.165, 1.54) is 0 Å². The van der Waals surface area contributed by atoms with E-state index in [1.807, 2.05) is 42.5 Å². The molecule has 0 saturated heterocycles. The molecule has 5 nitrogen and oxygen atoms in total. The molecule has 2 aromatic carbocycles. The van der Waals surface area contributed by atoms with E-state index in [1.54, 1.807) is 11.8 Å². The van der Waals surface area contributed by atoms with Crippen molar-refractivity contribution in [2.45, 2.75) is 38.8 Å². The van der Waals surface area contributed by atoms with Crippen molar-refractivity contribution < 1.29 is 9.59 Å². The minimum absolute atomic E-state index is 0.0983. The number of carbonyl (C=O) groups is 2. The van der Waals surface area contributed by atoms with Gasteiger partial charge < -0.3 is 16.0 Å². The van der Waals surface area contributed by atoms with E-state index in [0.717, 1.165) is 22.5 Å². The van der Waals surface area contributed by atoms with Crippen molar-refractivity contribution >= 4 is 34.8 Å². The van der Waals surface area contributed by atoms with Crippen LogP contribution in [0.5, 0.6) is 0 Å². The molecule has 3 N–H and O–H groups in total. The van der Waals surface area contributed by atoms with E-state index in [4.69, 9.17) is 17.3 Å². The molecular weight excluding hydrogens is 350 g/mol. The fraction of sp³-hybridized carbons (Fsp3) is 0.300. The molecule has 0 bridgehead atoms. The standard InChI is InChI=1S/C20H22ClN3O2/c1-13(22)10-19(25)23-17-7-8-18-15(11-17)4-9-20(26)24(18)12-14-2-5-16(21)6-3-14/h2-3,5-8,11,13H,4,9-10,12,22H2,1H3,(H,23,25). The Morgan fingerprint density at radius 3 is 2.65 bits per heavy atom. The zero-order chi connectivity index (χ0) is 18.7. The predicted molar refractivity (Wildman–Crippen MR) is 104 cm³/mol. The number of hydrogen-bond acceptors (Lipinski definition) is 3. The number of fused-ring (bicyclic) bond motifs is 1. The third kappa shape index (κ3) is 4.42. The maximum Gasteiger partial charge on any atom is 0.227 e. The van der Waals surface area contributed by atoms with Gasteiger partial charge in [0.15, 0.2) is 0 Å². The van der Waals surface area contributed by atoms with Crippen molar-refractivity contribution in [3.63, 3.8) is 0 Å². The van der Waals surface area contributed by atoms with Gasteiger partial charge in [-0.25, -0.2) is 0 Å². The normalized spacial score (nSPS) is 14.7. The minimum atomic E-state index is -0.180. The summed E-state index contributed by atoms with van der Waals surface area (Å²) < 4.78 is 0. The molecule has 6 heteroatoms. The molecular formula is C20H22ClN3O2. The van der Waals surface area contributed by atoms with Crippen LogP contribution in [0.4, 0.5) is 11.4 Å². The summed E-state index contributed by atoms with van der Waals surface area (Å²) in [5.41, 5.74) is 9.35. The molecule has 136 valence electrons. The molecule has 26 heavy (non-hydrogen) atoms. The lowest BCUT2D eigenvalue weighted by Gasteiger charge is -2.30. The van der Waals surface area contributed by atoms with Crippen LogP contribution in [-0.2, 0) is 22.6 Å². The van der Waals surface area contributed by atoms with E-state index < -0.39 is 0 Å². The third-order valence-corrected chi connectivity index (χ3v) is 4.58. The summed E-state index contributed by atoms with van der Waals surface area (Å²) in [7, 11) is 0. The molecule has 1 heterocycles. The van der Waals surface area contributed by atoms with Crippen molar-refractivity contribution in [1.29, 1.82) is 0 Å². The summed E-state index contributed by atoms with van der Waals surface area (Å²) in [6.45, 7) is 2.30. The molecule has 0 aromatic heterocycles. The highest BCUT2D eigenvalue weighted by atomic mass is 35.5. The monoisotopic (exact) mass is 371 g/mol. The Bertz CT molecular complexity index is 818. The Morgan fingerprint density at radius 1 is 1.23 bits per heavy atom. The Morgan fingerprint density at radius 2 is 1.96 bits per heavy atom. The summed E-state index contributed by atoms with van der Waals surface area (Å²) in [6.07, 6.45) is 1.40. The van der Waals surface area contributed by atoms with E-state index in [9.17, 15) is 9.59 Å². The van der Waals surface area contributed by atoms with Crippen LogP contribution in [0.2, 0.25) is 5.02 Å². The highest BCUT2D eigenvalue weighted by Gasteiger charge is 2.24. The Hall–Kier alpha value is -2.37. The first kappa shape index (κ1) is 18.4. The van der Waals surface area contributed by atoms with Gasteiger partial charge in [0.05, 0.1) is 6.54 Å². The second kappa shape index (κ2) is 7.89. The molecule has 2 aromatic rings. The van der Waals surface area contributed by atoms with Gasteiger partial charge in [-0.2, -0.15) is 0 Å². The quantitative estimate of drug-likeness (QED) is 0.844. The predicted octanol–water partition coefficient (Wildman–Crippen LogP) is 3.50. The first-order valence-electron chi connectivity index (χ1n) is 8.65. The number of halogens is 1. The highest BCUT2D eigenvalue weighted by molar-refractivity contribution is 6.30. The molecule has 0 aliphatic carbocycles. The lowest BCUT2D eigenvalue weighted by molar-refractivity contribution is -0.119. The van der Waals surface area contributed by atoms with E-state index in [0.29, 0.717) is 24.4 Å². The molecule has 3 rings (SSSR count). The topological polar surface area (TPSA) is 75.4 Å². The van der Waals surface area contributed by atoms with Crippen molar-refractivity contribution in [1.82, 2.24) is 0 Å². The highest BCUT2D eigenvalue weighted by Crippen LogP contribution is 2.31. The van der Waals surface area contributed by atoms with Crippen LogP contribution in [0.3, 0.4) is 0 Å². The fourth-order valence-corrected chi connectivity index (χ4v) is 3.21. The molecule has 1 aliphatic rings. The Kier molecular flexibility index (Phi) is 5.59. The number of anilines is 2. The number of aryl methyl sites for hydroxylation is 1. The first-order valence-corrected chi connectivity index (χ1v) is 9.03. The number of amides is 2. The summed E-state index contributed by atoms with van der Waals surface area (Å²) in [5, 5.41) is 3.54. The average Bonchev–Trinajstić information content (AvgIpc) is 2.58. The summed E-state index contributed by atoms with van der Waals surface area (Å²) >= 11 is 5.93. The first-order chi connectivity index (χ1) is 12.4. The van der Waals surface area contributed by atoms with Crippen molar-refractivity contribution in [2.24, 2.45) is 5.73 Å². The van der Waals surface area contributed by atoms with E-state index in [2.05, 4.69) is 5.32 Å². The van der Waals surface area contributed by atoms with Gasteiger partial charge >= 0.3 is 0 Å². The molecule has 0 saturated carbocycles. The van der Waals surface area contributed by atoms with Gasteiger partial charge in [-0.3, -0.25) is 9.59 Å². The number of hydrogen-bond donors (Lipinski definition) is 2. The number of carbonyl (C=O) groups excluding carboxylic acids is 2. The smallest absolute Gasteiger partial charge is 0.227 e. The molecule has 1 aliphatic heterocycles. The summed E-state index contributed by atoms with van der Waals surface area (Å²) in [4.78, 5) is 26.1. The van der Waals surface area contributed by atoms with Crippen LogP contribution < -0.4 is 16.0 Å². The van der Waals surface area contributed by atoms with Crippen molar-refractivity contribution in [2.75, 3.05) is 10.2 Å². The lowest BCUT2D eigenvalue weighted by Crippen LogP contribution is -2.34. The zero-order valence-corrected chi connectivity index (χ0v) is 15.4. The number of nitrogens with two attached hydrogens (primary N) is 1. The van der Waals surface area contributed by atoms with Crippen LogP contribution >= 0.6 is 11.6 Å². The maximum atomic E-state index is 12.4. The lowest BCUT2D eigenvalue weighted by atomic mass is 9.99. The van der Waals surface area contributed by atoms with E-state index >= 15 is 0 Å². The SMILES string of the molecule is CC(N)CC(=O)Nc1ccc2c(c1)CCC(=O)N2Cc1ccc(Cl)cc1. The van der Waals surface area contributed by atoms with Gasteiger partial charge in [0.25, 0.3) is 0 Å². The zero-order valence-electron chi connectivity index (χ0n) is 14.7. The molecule has 2 amide bonds. The largest absolute Gasteiger partial charge is 0.327 e. The Labute approximate surface area is 158 Å². The molecule has 1 unspecified atom stereocenters. The van der Waals surface area contributed by atoms with Gasteiger partial charge in [-0.15, -0.1) is 0 Å².